The van der Waals surface area contributed by atoms with Crippen LogP contribution in [0.3, 0.4) is 0 Å². The molecule has 1 fully saturated rings. The number of likely N-dealkylation sites (tertiary alicyclic amines) is 1. The third kappa shape index (κ3) is 6.17. The fourth-order valence-electron chi connectivity index (χ4n) is 2.41. The molecule has 10 heteroatoms. The van der Waals surface area contributed by atoms with Gasteiger partial charge in [0, 0.05) is 19.8 Å². The first kappa shape index (κ1) is 21.7. The lowest BCUT2D eigenvalue weighted by molar-refractivity contribution is -0.193. The Bertz CT molecular complexity index is 610. The average molecular weight is 387 g/mol. The Kier molecular flexibility index (Phi) is 7.37. The third-order valence-corrected chi connectivity index (χ3v) is 4.25. The van der Waals surface area contributed by atoms with Gasteiger partial charge >= 0.3 is 17.9 Å². The molecular weight excluding hydrogens is 362 g/mol. The molecule has 1 saturated heterocycles. The van der Waals surface area contributed by atoms with E-state index in [2.05, 4.69) is 9.47 Å². The molecule has 0 saturated carbocycles. The van der Waals surface area contributed by atoms with Crippen molar-refractivity contribution in [2.75, 3.05) is 14.2 Å². The lowest BCUT2D eigenvalue weighted by Gasteiger charge is -2.43. The predicted octanol–water partition coefficient (Wildman–Crippen LogP) is 0.948. The zero-order valence-electron chi connectivity index (χ0n) is 15.9. The highest BCUT2D eigenvalue weighted by molar-refractivity contribution is 6.70. The number of β-lactam (4-membered cyclic amide) rings is 1. The van der Waals surface area contributed by atoms with Gasteiger partial charge in [-0.05, 0) is 19.6 Å². The largest absolute Gasteiger partial charge is 0.547 e. The molecule has 0 aromatic rings. The maximum absolute atomic E-state index is 12.0. The van der Waals surface area contributed by atoms with E-state index >= 15 is 0 Å². The molecule has 1 aliphatic rings. The maximum Gasteiger partial charge on any atom is 0.369 e. The van der Waals surface area contributed by atoms with Crippen molar-refractivity contribution >= 4 is 32.1 Å². The van der Waals surface area contributed by atoms with Crippen LogP contribution in [0.5, 0.6) is 0 Å². The lowest BCUT2D eigenvalue weighted by Crippen LogP contribution is -2.61. The van der Waals surface area contributed by atoms with Crippen LogP contribution in [0, 0.1) is 0 Å². The van der Waals surface area contributed by atoms with Crippen molar-refractivity contribution in [1.29, 1.82) is 0 Å². The molecule has 0 bridgehead atoms. The first-order chi connectivity index (χ1) is 12.0. The molecule has 0 aromatic carbocycles. The summed E-state index contributed by atoms with van der Waals surface area (Å²) < 4.78 is 20.1. The van der Waals surface area contributed by atoms with Gasteiger partial charge in [0.2, 0.25) is 14.2 Å². The number of nitrogens with zero attached hydrogens (tertiary/aromatic N) is 1. The second-order valence-electron chi connectivity index (χ2n) is 6.70. The van der Waals surface area contributed by atoms with Gasteiger partial charge in [-0.25, -0.2) is 9.59 Å². The Morgan fingerprint density at radius 2 is 1.85 bits per heavy atom. The second kappa shape index (κ2) is 8.83. The SMILES string of the molecule is COC(=O)/C=C(/C[C@H]1CC(=O)N1C(OC(C)=O)C(=O)OC)O[Si](C)(C)C. The highest BCUT2D eigenvalue weighted by Gasteiger charge is 2.46. The van der Waals surface area contributed by atoms with E-state index in [9.17, 15) is 19.2 Å². The zero-order chi connectivity index (χ0) is 20.1. The van der Waals surface area contributed by atoms with Crippen molar-refractivity contribution in [3.05, 3.63) is 11.8 Å². The minimum absolute atomic E-state index is 0.127. The maximum atomic E-state index is 12.0. The molecule has 0 aliphatic carbocycles. The van der Waals surface area contributed by atoms with E-state index in [0.717, 1.165) is 18.9 Å². The molecule has 0 N–H and O–H groups in total. The minimum Gasteiger partial charge on any atom is -0.547 e. The molecule has 146 valence electrons. The Hall–Kier alpha value is -2.36. The Morgan fingerprint density at radius 1 is 1.23 bits per heavy atom. The molecule has 0 spiro atoms. The monoisotopic (exact) mass is 387 g/mol. The molecule has 1 unspecified atom stereocenters. The van der Waals surface area contributed by atoms with Crippen LogP contribution < -0.4 is 0 Å². The topological polar surface area (TPSA) is 108 Å². The number of ether oxygens (including phenoxy) is 3. The van der Waals surface area contributed by atoms with Gasteiger partial charge in [0.1, 0.15) is 0 Å². The standard InChI is InChI=1S/C16H25NO8Si/c1-10(18)24-15(16(21)23-3)17-11(8-13(17)19)7-12(9-14(20)22-2)25-26(4,5)6/h9,11,15H,7-8H2,1-6H3/b12-9-/t11-,15?/m0/s1. The van der Waals surface area contributed by atoms with E-state index in [4.69, 9.17) is 9.16 Å². The second-order valence-corrected chi connectivity index (χ2v) is 11.1. The van der Waals surface area contributed by atoms with Crippen LogP contribution in [0.1, 0.15) is 19.8 Å². The average Bonchev–Trinajstić information content (AvgIpc) is 2.50. The van der Waals surface area contributed by atoms with Gasteiger partial charge in [0.15, 0.2) is 0 Å². The number of hydrogen-bond acceptors (Lipinski definition) is 8. The van der Waals surface area contributed by atoms with Crippen molar-refractivity contribution in [3.63, 3.8) is 0 Å². The zero-order valence-corrected chi connectivity index (χ0v) is 16.9. The molecule has 1 heterocycles. The van der Waals surface area contributed by atoms with E-state index in [0.29, 0.717) is 5.76 Å². The summed E-state index contributed by atoms with van der Waals surface area (Å²) in [6.45, 7) is 6.96. The fourth-order valence-corrected chi connectivity index (χ4v) is 3.34. The molecule has 26 heavy (non-hydrogen) atoms. The van der Waals surface area contributed by atoms with Gasteiger partial charge in [-0.2, -0.15) is 0 Å². The van der Waals surface area contributed by atoms with Crippen molar-refractivity contribution in [3.8, 4) is 0 Å². The Morgan fingerprint density at radius 3 is 2.27 bits per heavy atom. The quantitative estimate of drug-likeness (QED) is 0.151. The molecule has 9 nitrogen and oxygen atoms in total. The molecule has 0 radical (unpaired) electrons. The van der Waals surface area contributed by atoms with E-state index in [1.54, 1.807) is 0 Å². The summed E-state index contributed by atoms with van der Waals surface area (Å²) in [5.74, 6) is -2.17. The van der Waals surface area contributed by atoms with Gasteiger partial charge in [0.05, 0.1) is 32.1 Å². The molecule has 1 aliphatic heterocycles. The van der Waals surface area contributed by atoms with E-state index in [1.165, 1.54) is 13.2 Å². The van der Waals surface area contributed by atoms with Crippen molar-refractivity contribution in [2.24, 2.45) is 0 Å². The number of carbonyl (C=O) groups is 4. The van der Waals surface area contributed by atoms with Gasteiger partial charge < -0.3 is 18.6 Å². The first-order valence-electron chi connectivity index (χ1n) is 8.02. The van der Waals surface area contributed by atoms with Crippen molar-refractivity contribution in [2.45, 2.75) is 51.7 Å². The fraction of sp³-hybridized carbons (Fsp3) is 0.625. The minimum atomic E-state index is -2.03. The highest BCUT2D eigenvalue weighted by Crippen LogP contribution is 2.30. The number of esters is 3. The summed E-state index contributed by atoms with van der Waals surface area (Å²) in [4.78, 5) is 47.9. The van der Waals surface area contributed by atoms with Crippen LogP contribution in [0.2, 0.25) is 19.6 Å². The van der Waals surface area contributed by atoms with E-state index in [1.807, 2.05) is 19.6 Å². The summed E-state index contributed by atoms with van der Waals surface area (Å²) in [7, 11) is 0.349. The molecule has 1 rings (SSSR count). The molecule has 0 aromatic heterocycles. The lowest BCUT2D eigenvalue weighted by atomic mass is 9.97. The van der Waals surface area contributed by atoms with Gasteiger partial charge in [0.25, 0.3) is 6.23 Å². The van der Waals surface area contributed by atoms with E-state index in [-0.39, 0.29) is 18.7 Å². The van der Waals surface area contributed by atoms with Crippen LogP contribution in [-0.4, -0.2) is 63.5 Å². The molecule has 2 atom stereocenters. The summed E-state index contributed by atoms with van der Waals surface area (Å²) in [5, 5.41) is 0. The number of hydrogen-bond donors (Lipinski definition) is 0. The number of methoxy groups -OCH3 is 2. The van der Waals surface area contributed by atoms with Gasteiger partial charge in [-0.1, -0.05) is 0 Å². The van der Waals surface area contributed by atoms with Crippen molar-refractivity contribution < 1.29 is 37.8 Å². The van der Waals surface area contributed by atoms with Crippen LogP contribution in [0.25, 0.3) is 0 Å². The van der Waals surface area contributed by atoms with Crippen LogP contribution in [0.15, 0.2) is 11.8 Å². The Balaban J connectivity index is 3.01. The highest BCUT2D eigenvalue weighted by atomic mass is 28.4. The molecule has 1 amide bonds. The normalized spacial score (nSPS) is 18.5. The van der Waals surface area contributed by atoms with Gasteiger partial charge in [-0.3, -0.25) is 14.5 Å². The summed E-state index contributed by atoms with van der Waals surface area (Å²) in [5.41, 5.74) is 0. The van der Waals surface area contributed by atoms with Crippen LogP contribution in [0.4, 0.5) is 0 Å². The number of carbonyl (C=O) groups excluding carboxylic acids is 4. The van der Waals surface area contributed by atoms with Crippen molar-refractivity contribution in [1.82, 2.24) is 4.90 Å². The smallest absolute Gasteiger partial charge is 0.369 e. The van der Waals surface area contributed by atoms with E-state index < -0.39 is 38.5 Å². The number of rotatable bonds is 8. The predicted molar refractivity (Wildman–Crippen MR) is 92.0 cm³/mol. The number of amides is 1. The third-order valence-electron chi connectivity index (χ3n) is 3.38. The summed E-state index contributed by atoms with van der Waals surface area (Å²) in [6, 6.07) is -0.474. The van der Waals surface area contributed by atoms with Crippen LogP contribution in [-0.2, 0) is 37.8 Å². The first-order valence-corrected chi connectivity index (χ1v) is 11.4. The Labute approximate surface area is 153 Å². The van der Waals surface area contributed by atoms with Crippen LogP contribution >= 0.6 is 0 Å². The summed E-state index contributed by atoms with van der Waals surface area (Å²) >= 11 is 0. The van der Waals surface area contributed by atoms with Gasteiger partial charge in [-0.15, -0.1) is 0 Å². The molecular formula is C16H25NO8Si. The summed E-state index contributed by atoms with van der Waals surface area (Å²) in [6.07, 6.45) is 0.0652.